The van der Waals surface area contributed by atoms with Crippen LogP contribution in [-0.2, 0) is 22.4 Å². The third-order valence-corrected chi connectivity index (χ3v) is 8.30. The molecule has 0 saturated carbocycles. The molecule has 1 fully saturated rings. The molecular formula is C28H32N4O7S. The second-order valence-corrected chi connectivity index (χ2v) is 10.8. The highest BCUT2D eigenvalue weighted by Crippen LogP contribution is 2.38. The number of amides is 3. The van der Waals surface area contributed by atoms with Crippen molar-refractivity contribution in [2.45, 2.75) is 45.4 Å². The molecule has 1 aromatic carbocycles. The predicted molar refractivity (Wildman–Crippen MR) is 150 cm³/mol. The molecule has 4 rings (SSSR count). The number of fused-ring (bicyclic) bond motifs is 1. The highest BCUT2D eigenvalue weighted by Gasteiger charge is 2.28. The minimum absolute atomic E-state index is 0.113. The molecule has 2 aliphatic rings. The van der Waals surface area contributed by atoms with Crippen molar-refractivity contribution < 1.29 is 28.8 Å². The molecule has 1 aliphatic heterocycles. The summed E-state index contributed by atoms with van der Waals surface area (Å²) in [4.78, 5) is 63.1. The molecule has 2 heterocycles. The molecule has 212 valence electrons. The highest BCUT2D eigenvalue weighted by atomic mass is 32.1. The molecule has 1 saturated heterocycles. The number of nitro benzene ring substituents is 1. The summed E-state index contributed by atoms with van der Waals surface area (Å²) < 4.78 is 5.24. The number of allylic oxidation sites excluding steroid dienone is 1. The van der Waals surface area contributed by atoms with Crippen molar-refractivity contribution >= 4 is 45.7 Å². The SMILES string of the molecule is CCOC(=O)c1c(NC(=O)NCC2CCN(C(=O)C=CC(=O)c3ccc([N+](=O)[O-])cc3)CC2)sc2c1CCCC2. The van der Waals surface area contributed by atoms with Crippen molar-refractivity contribution in [1.29, 1.82) is 0 Å². The zero-order valence-corrected chi connectivity index (χ0v) is 23.1. The van der Waals surface area contributed by atoms with E-state index in [-0.39, 0.29) is 35.7 Å². The average Bonchev–Trinajstić information content (AvgIpc) is 3.32. The van der Waals surface area contributed by atoms with E-state index in [9.17, 15) is 29.3 Å². The van der Waals surface area contributed by atoms with Crippen LogP contribution in [0.4, 0.5) is 15.5 Å². The number of urea groups is 1. The van der Waals surface area contributed by atoms with Gasteiger partial charge in [0.1, 0.15) is 5.00 Å². The van der Waals surface area contributed by atoms with Gasteiger partial charge in [-0.05, 0) is 75.1 Å². The van der Waals surface area contributed by atoms with E-state index in [1.54, 1.807) is 11.8 Å². The third-order valence-electron chi connectivity index (χ3n) is 7.10. The topological polar surface area (TPSA) is 148 Å². The maximum absolute atomic E-state index is 12.7. The molecule has 2 aromatic rings. The van der Waals surface area contributed by atoms with Gasteiger partial charge in [0.15, 0.2) is 5.78 Å². The number of hydrogen-bond acceptors (Lipinski definition) is 8. The number of piperidine rings is 1. The predicted octanol–water partition coefficient (Wildman–Crippen LogP) is 4.51. The van der Waals surface area contributed by atoms with E-state index >= 15 is 0 Å². The van der Waals surface area contributed by atoms with Crippen molar-refractivity contribution in [3.8, 4) is 0 Å². The lowest BCUT2D eigenvalue weighted by atomic mass is 9.95. The Morgan fingerprint density at radius 3 is 2.48 bits per heavy atom. The van der Waals surface area contributed by atoms with Crippen molar-refractivity contribution in [3.05, 3.63) is 68.1 Å². The Kier molecular flexibility index (Phi) is 9.65. The number of hydrogen-bond donors (Lipinski definition) is 2. The van der Waals surface area contributed by atoms with E-state index in [4.69, 9.17) is 4.74 Å². The Balaban J connectivity index is 1.23. The number of aryl methyl sites for hydroxylation is 1. The summed E-state index contributed by atoms with van der Waals surface area (Å²) in [7, 11) is 0. The van der Waals surface area contributed by atoms with Crippen LogP contribution in [-0.4, -0.2) is 59.8 Å². The number of anilines is 1. The molecule has 0 bridgehead atoms. The van der Waals surface area contributed by atoms with E-state index in [1.165, 1.54) is 47.8 Å². The zero-order valence-electron chi connectivity index (χ0n) is 22.3. The van der Waals surface area contributed by atoms with Crippen LogP contribution in [0.15, 0.2) is 36.4 Å². The number of nitro groups is 1. The Hall–Kier alpha value is -4.06. The largest absolute Gasteiger partial charge is 0.462 e. The molecule has 1 aromatic heterocycles. The maximum Gasteiger partial charge on any atom is 0.341 e. The molecule has 0 unspecified atom stereocenters. The van der Waals surface area contributed by atoms with E-state index < -0.39 is 16.7 Å². The van der Waals surface area contributed by atoms with Crippen LogP contribution in [0, 0.1) is 16.0 Å². The summed E-state index contributed by atoms with van der Waals surface area (Å²) in [5.41, 5.74) is 1.61. The second-order valence-electron chi connectivity index (χ2n) is 9.74. The monoisotopic (exact) mass is 568 g/mol. The molecule has 11 nitrogen and oxygen atoms in total. The number of rotatable bonds is 9. The lowest BCUT2D eigenvalue weighted by Crippen LogP contribution is -2.41. The first-order valence-corrected chi connectivity index (χ1v) is 14.2. The fraction of sp³-hybridized carbons (Fsp3) is 0.429. The number of thiophene rings is 1. The van der Waals surface area contributed by atoms with Gasteiger partial charge in [0.2, 0.25) is 5.91 Å². The van der Waals surface area contributed by atoms with Crippen LogP contribution >= 0.6 is 11.3 Å². The minimum atomic E-state index is -0.545. The highest BCUT2D eigenvalue weighted by molar-refractivity contribution is 7.17. The summed E-state index contributed by atoms with van der Waals surface area (Å²) in [6.07, 6.45) is 7.55. The summed E-state index contributed by atoms with van der Waals surface area (Å²) in [5.74, 6) is -0.919. The van der Waals surface area contributed by atoms with Crippen LogP contribution in [0.25, 0.3) is 0 Å². The van der Waals surface area contributed by atoms with Gasteiger partial charge in [0.05, 0.1) is 17.1 Å². The smallest absolute Gasteiger partial charge is 0.341 e. The first kappa shape index (κ1) is 28.9. The number of ketones is 1. The summed E-state index contributed by atoms with van der Waals surface area (Å²) in [6.45, 7) is 3.44. The second kappa shape index (κ2) is 13.3. The van der Waals surface area contributed by atoms with Crippen molar-refractivity contribution in [2.24, 2.45) is 5.92 Å². The van der Waals surface area contributed by atoms with E-state index in [1.807, 2.05) is 0 Å². The average molecular weight is 569 g/mol. The number of nitrogens with zero attached hydrogens (tertiary/aromatic N) is 2. The number of carbonyl (C=O) groups is 4. The van der Waals surface area contributed by atoms with Crippen molar-refractivity contribution in [2.75, 3.05) is 31.6 Å². The van der Waals surface area contributed by atoms with Gasteiger partial charge in [0.25, 0.3) is 5.69 Å². The van der Waals surface area contributed by atoms with Gasteiger partial charge in [-0.25, -0.2) is 9.59 Å². The molecule has 40 heavy (non-hydrogen) atoms. The number of nitrogens with one attached hydrogen (secondary N) is 2. The fourth-order valence-electron chi connectivity index (χ4n) is 4.91. The van der Waals surface area contributed by atoms with Crippen LogP contribution in [0.3, 0.4) is 0 Å². The molecule has 0 spiro atoms. The molecule has 12 heteroatoms. The summed E-state index contributed by atoms with van der Waals surface area (Å²) >= 11 is 1.44. The van der Waals surface area contributed by atoms with Gasteiger partial charge in [-0.15, -0.1) is 11.3 Å². The molecule has 0 radical (unpaired) electrons. The summed E-state index contributed by atoms with van der Waals surface area (Å²) in [5, 5.41) is 17.0. The quantitative estimate of drug-likeness (QED) is 0.149. The molecular weight excluding hydrogens is 536 g/mol. The Labute approximate surface area is 235 Å². The van der Waals surface area contributed by atoms with Gasteiger partial charge in [-0.2, -0.15) is 0 Å². The fourth-order valence-corrected chi connectivity index (χ4v) is 6.18. The number of non-ortho nitro benzene ring substituents is 1. The summed E-state index contributed by atoms with van der Waals surface area (Å²) in [6, 6.07) is 4.82. The first-order chi connectivity index (χ1) is 19.3. The molecule has 0 atom stereocenters. The van der Waals surface area contributed by atoms with E-state index in [0.29, 0.717) is 43.0 Å². The van der Waals surface area contributed by atoms with Gasteiger partial charge >= 0.3 is 12.0 Å². The van der Waals surface area contributed by atoms with Gasteiger partial charge < -0.3 is 15.0 Å². The molecule has 1 aliphatic carbocycles. The molecule has 3 amide bonds. The number of likely N-dealkylation sites (tertiary alicyclic amines) is 1. The van der Waals surface area contributed by atoms with E-state index in [2.05, 4.69) is 10.6 Å². The number of ether oxygens (including phenoxy) is 1. The number of esters is 1. The van der Waals surface area contributed by atoms with Crippen LogP contribution < -0.4 is 10.6 Å². The van der Waals surface area contributed by atoms with Crippen LogP contribution in [0.1, 0.15) is 63.8 Å². The lowest BCUT2D eigenvalue weighted by Gasteiger charge is -2.31. The number of benzene rings is 1. The Morgan fingerprint density at radius 2 is 1.80 bits per heavy atom. The minimum Gasteiger partial charge on any atom is -0.462 e. The van der Waals surface area contributed by atoms with Crippen LogP contribution in [0.2, 0.25) is 0 Å². The Morgan fingerprint density at radius 1 is 1.10 bits per heavy atom. The number of carbonyl (C=O) groups excluding carboxylic acids is 4. The third kappa shape index (κ3) is 7.12. The maximum atomic E-state index is 12.7. The van der Waals surface area contributed by atoms with Gasteiger partial charge in [-0.3, -0.25) is 25.0 Å². The molecule has 2 N–H and O–H groups in total. The van der Waals surface area contributed by atoms with Gasteiger partial charge in [0, 0.05) is 48.3 Å². The zero-order chi connectivity index (χ0) is 28.6. The van der Waals surface area contributed by atoms with Crippen molar-refractivity contribution in [3.63, 3.8) is 0 Å². The van der Waals surface area contributed by atoms with Crippen molar-refractivity contribution in [1.82, 2.24) is 10.2 Å². The van der Waals surface area contributed by atoms with Gasteiger partial charge in [-0.1, -0.05) is 0 Å². The lowest BCUT2D eigenvalue weighted by molar-refractivity contribution is -0.384. The van der Waals surface area contributed by atoms with Crippen LogP contribution in [0.5, 0.6) is 0 Å². The van der Waals surface area contributed by atoms with E-state index in [0.717, 1.165) is 36.1 Å². The first-order valence-electron chi connectivity index (χ1n) is 13.4. The Bertz CT molecular complexity index is 1310. The normalized spacial score (nSPS) is 15.4. The standard InChI is InChI=1S/C28H32N4O7S/c1-2-39-27(35)25-21-5-3-4-6-23(21)40-26(25)30-28(36)29-17-18-13-15-31(16-14-18)24(34)12-11-22(33)19-7-9-20(10-8-19)32(37)38/h7-12,18H,2-6,13-17H2,1H3,(H2,29,30,36).